The van der Waals surface area contributed by atoms with E-state index in [1.54, 1.807) is 59.4 Å². The molecule has 0 fully saturated rings. The number of fused-ring (bicyclic) bond motifs is 1. The molecule has 0 atom stereocenters. The number of esters is 2. The lowest BCUT2D eigenvalue weighted by atomic mass is 10.1. The number of carbonyl (C=O) groups is 2. The predicted octanol–water partition coefficient (Wildman–Crippen LogP) is 6.84. The number of ether oxygens (including phenoxy) is 4. The van der Waals surface area contributed by atoms with Crippen molar-refractivity contribution < 1.29 is 28.5 Å². The Labute approximate surface area is 293 Å². The zero-order valence-electron chi connectivity index (χ0n) is 26.0. The molecule has 0 aliphatic rings. The second-order valence-electron chi connectivity index (χ2n) is 9.18. The Balaban J connectivity index is 0.000000206. The van der Waals surface area contributed by atoms with E-state index >= 15 is 0 Å². The summed E-state index contributed by atoms with van der Waals surface area (Å²) in [5.74, 6) is -0.0291. The van der Waals surface area contributed by atoms with Crippen LogP contribution in [0.15, 0.2) is 82.0 Å². The molecule has 0 unspecified atom stereocenters. The Morgan fingerprint density at radius 1 is 0.851 bits per heavy atom. The number of methoxy groups -OCH3 is 2. The van der Waals surface area contributed by atoms with Gasteiger partial charge in [0.15, 0.2) is 17.8 Å². The van der Waals surface area contributed by atoms with Crippen LogP contribution >= 0.6 is 43.5 Å². The molecule has 0 saturated carbocycles. The lowest BCUT2D eigenvalue weighted by Crippen LogP contribution is -2.18. The number of carbonyl (C=O) groups excluding carboxylic acids is 2. The van der Waals surface area contributed by atoms with Crippen LogP contribution in [-0.2, 0) is 18.9 Å². The zero-order chi connectivity index (χ0) is 34.3. The number of anilines is 1. The molecule has 12 nitrogen and oxygen atoms in total. The van der Waals surface area contributed by atoms with Gasteiger partial charge in [0.05, 0.1) is 51.6 Å². The van der Waals surface area contributed by atoms with Gasteiger partial charge in [-0.3, -0.25) is 0 Å². The average Bonchev–Trinajstić information content (AvgIpc) is 3.59. The molecule has 5 aromatic rings. The Hall–Kier alpha value is -3.95. The van der Waals surface area contributed by atoms with E-state index in [1.807, 2.05) is 32.0 Å². The molecule has 0 radical (unpaired) electrons. The highest BCUT2D eigenvalue weighted by Gasteiger charge is 2.11. The minimum Gasteiger partial charge on any atom is -0.465 e. The summed E-state index contributed by atoms with van der Waals surface area (Å²) in [5, 5.41) is 12.3. The lowest BCUT2D eigenvalue weighted by molar-refractivity contribution is -0.120. The highest BCUT2D eigenvalue weighted by atomic mass is 79.9. The zero-order valence-corrected chi connectivity index (χ0v) is 30.0. The molecular formula is C32H33Br2ClN6O6. The van der Waals surface area contributed by atoms with Gasteiger partial charge in [0.25, 0.3) is 0 Å². The minimum absolute atomic E-state index is 0.221. The maximum Gasteiger partial charge on any atom is 0.337 e. The summed E-state index contributed by atoms with van der Waals surface area (Å²) >= 11 is 12.2. The molecule has 47 heavy (non-hydrogen) atoms. The predicted molar refractivity (Wildman–Crippen MR) is 186 cm³/mol. The normalized spacial score (nSPS) is 10.5. The third kappa shape index (κ3) is 10.8. The molecule has 2 N–H and O–H groups in total. The van der Waals surface area contributed by atoms with Gasteiger partial charge >= 0.3 is 11.9 Å². The third-order valence-electron chi connectivity index (χ3n) is 6.08. The molecule has 15 heteroatoms. The largest absolute Gasteiger partial charge is 0.465 e. The van der Waals surface area contributed by atoms with E-state index in [4.69, 9.17) is 31.5 Å². The number of nitrogens with two attached hydrogens (primary N) is 1. The third-order valence-corrected chi connectivity index (χ3v) is 7.55. The number of alkyl halides is 1. The van der Waals surface area contributed by atoms with Crippen LogP contribution in [-0.4, -0.2) is 76.3 Å². The second kappa shape index (κ2) is 19.0. The van der Waals surface area contributed by atoms with Crippen LogP contribution < -0.4 is 5.73 Å². The van der Waals surface area contributed by atoms with E-state index in [2.05, 4.69) is 56.9 Å². The summed E-state index contributed by atoms with van der Waals surface area (Å²) in [6.07, 6.45) is 3.23. The molecule has 0 amide bonds. The Morgan fingerprint density at radius 2 is 1.40 bits per heavy atom. The van der Waals surface area contributed by atoms with E-state index < -0.39 is 0 Å². The molecule has 0 aliphatic heterocycles. The summed E-state index contributed by atoms with van der Waals surface area (Å²) in [6, 6.07) is 17.7. The van der Waals surface area contributed by atoms with Crippen LogP contribution in [0.5, 0.6) is 0 Å². The van der Waals surface area contributed by atoms with Crippen molar-refractivity contribution in [2.45, 2.75) is 20.1 Å². The van der Waals surface area contributed by atoms with Crippen molar-refractivity contribution in [3.63, 3.8) is 0 Å². The standard InChI is InChI=1S/C14H10BrN3O2.C12H10BrN3O2.C6H13ClO2/c1-20-14(19)10-4-2-3-9(7-10)12-8-11(15)13-16-5-6-18(13)17-12;1-18-12(17)8-4-2-3-7(5-8)10-6-9(13)11(14)16-15-10;1-3-8-6(5-7)9-4-2/h2-8H,1H3;2-6H,1H3,(H2,14,16);6H,3-5H2,1-2H3. The van der Waals surface area contributed by atoms with Crippen molar-refractivity contribution >= 4 is 66.9 Å². The van der Waals surface area contributed by atoms with Crippen molar-refractivity contribution in [2.24, 2.45) is 0 Å². The van der Waals surface area contributed by atoms with E-state index in [0.717, 1.165) is 26.9 Å². The minimum atomic E-state index is -0.390. The van der Waals surface area contributed by atoms with Crippen LogP contribution in [0.3, 0.4) is 0 Å². The summed E-state index contributed by atoms with van der Waals surface area (Å²) in [5.41, 5.74) is 10.3. The van der Waals surface area contributed by atoms with Gasteiger partial charge in [-0.15, -0.1) is 21.8 Å². The molecule has 248 valence electrons. The lowest BCUT2D eigenvalue weighted by Gasteiger charge is -2.12. The monoisotopic (exact) mass is 790 g/mol. The second-order valence-corrected chi connectivity index (χ2v) is 11.2. The number of nitrogen functional groups attached to an aromatic ring is 1. The first-order chi connectivity index (χ1) is 22.6. The maximum atomic E-state index is 11.6. The molecule has 0 saturated heterocycles. The van der Waals surface area contributed by atoms with Crippen molar-refractivity contribution in [2.75, 3.05) is 39.0 Å². The van der Waals surface area contributed by atoms with E-state index in [9.17, 15) is 9.59 Å². The molecule has 2 aromatic carbocycles. The first-order valence-electron chi connectivity index (χ1n) is 14.1. The topological polar surface area (TPSA) is 153 Å². The van der Waals surface area contributed by atoms with Gasteiger partial charge in [-0.25, -0.2) is 19.1 Å². The summed E-state index contributed by atoms with van der Waals surface area (Å²) in [7, 11) is 2.70. The van der Waals surface area contributed by atoms with E-state index in [-0.39, 0.29) is 18.2 Å². The molecule has 3 aromatic heterocycles. The average molecular weight is 793 g/mol. The highest BCUT2D eigenvalue weighted by molar-refractivity contribution is 9.11. The SMILES string of the molecule is CCOC(CCl)OCC.COC(=O)c1cccc(-c2cc(Br)c(N)nn2)c1.COC(=O)c1cccc(-c2cc(Br)c3nccn3n2)c1. The molecule has 3 heterocycles. The number of imidazole rings is 1. The number of aromatic nitrogens is 5. The fourth-order valence-electron chi connectivity index (χ4n) is 3.89. The Bertz CT molecular complexity index is 1780. The fraction of sp³-hybridized carbons (Fsp3) is 0.250. The van der Waals surface area contributed by atoms with Gasteiger partial charge < -0.3 is 24.7 Å². The number of rotatable bonds is 9. The van der Waals surface area contributed by atoms with Gasteiger partial charge in [0.2, 0.25) is 0 Å². The maximum absolute atomic E-state index is 11.6. The number of hydrogen-bond acceptors (Lipinski definition) is 11. The summed E-state index contributed by atoms with van der Waals surface area (Å²) in [6.45, 7) is 5.13. The fourth-order valence-corrected chi connectivity index (χ4v) is 4.87. The summed E-state index contributed by atoms with van der Waals surface area (Å²) < 4.78 is 22.7. The number of benzene rings is 2. The van der Waals surface area contributed by atoms with Crippen LogP contribution in [0.2, 0.25) is 0 Å². The molecule has 0 aliphatic carbocycles. The van der Waals surface area contributed by atoms with E-state index in [1.165, 1.54) is 14.2 Å². The highest BCUT2D eigenvalue weighted by Crippen LogP contribution is 2.25. The van der Waals surface area contributed by atoms with Crippen molar-refractivity contribution in [1.82, 2.24) is 24.8 Å². The van der Waals surface area contributed by atoms with Crippen LogP contribution in [0.4, 0.5) is 5.82 Å². The van der Waals surface area contributed by atoms with Gasteiger partial charge in [-0.1, -0.05) is 24.3 Å². The van der Waals surface area contributed by atoms with E-state index in [0.29, 0.717) is 46.2 Å². The molecule has 0 bridgehead atoms. The Morgan fingerprint density at radius 3 is 1.91 bits per heavy atom. The first-order valence-corrected chi connectivity index (χ1v) is 16.2. The number of hydrogen-bond donors (Lipinski definition) is 1. The molecule has 0 spiro atoms. The first kappa shape index (κ1) is 37.5. The van der Waals surface area contributed by atoms with Gasteiger partial charge in [-0.05, 0) is 82.1 Å². The van der Waals surface area contributed by atoms with Crippen LogP contribution in [0, 0.1) is 0 Å². The smallest absolute Gasteiger partial charge is 0.337 e. The van der Waals surface area contributed by atoms with Crippen molar-refractivity contribution in [3.8, 4) is 22.5 Å². The van der Waals surface area contributed by atoms with Crippen LogP contribution in [0.1, 0.15) is 34.6 Å². The van der Waals surface area contributed by atoms with Gasteiger partial charge in [-0.2, -0.15) is 5.10 Å². The molecule has 5 rings (SSSR count). The number of halogens is 3. The van der Waals surface area contributed by atoms with Crippen molar-refractivity contribution in [1.29, 1.82) is 0 Å². The van der Waals surface area contributed by atoms with Crippen LogP contribution in [0.25, 0.3) is 28.2 Å². The number of nitrogens with zero attached hydrogens (tertiary/aromatic N) is 5. The summed E-state index contributed by atoms with van der Waals surface area (Å²) in [4.78, 5) is 27.2. The quantitative estimate of drug-likeness (QED) is 0.0948. The van der Waals surface area contributed by atoms with Crippen molar-refractivity contribution in [3.05, 3.63) is 93.1 Å². The van der Waals surface area contributed by atoms with Gasteiger partial charge in [0.1, 0.15) is 0 Å². The van der Waals surface area contributed by atoms with Gasteiger partial charge in [0, 0.05) is 36.7 Å². The molecular weight excluding hydrogens is 760 g/mol. The Kier molecular flexibility index (Phi) is 15.2.